The molecule has 0 fully saturated rings. The highest BCUT2D eigenvalue weighted by atomic mass is 14.9. The van der Waals surface area contributed by atoms with Gasteiger partial charge in [-0.3, -0.25) is 0 Å². The lowest BCUT2D eigenvalue weighted by Gasteiger charge is -2.21. The molecule has 88 valence electrons. The molecule has 0 bridgehead atoms. The molecule has 1 heteroatoms. The summed E-state index contributed by atoms with van der Waals surface area (Å²) in [5.74, 6) is 0. The minimum atomic E-state index is 0.418. The Morgan fingerprint density at radius 1 is 1.31 bits per heavy atom. The standard InChI is InChI=1S/C15H23N/c1-5-6-10-13(3)16-14(4)15-11-8-7-9-12(15)2/h5,7-9,11,13-14,16H,1,6,10H2,2-4H3/t13?,14-/m0/s1. The van der Waals surface area contributed by atoms with E-state index in [4.69, 9.17) is 0 Å². The first-order valence-corrected chi connectivity index (χ1v) is 6.07. The largest absolute Gasteiger partial charge is 0.308 e. The summed E-state index contributed by atoms with van der Waals surface area (Å²) in [6.07, 6.45) is 4.21. The van der Waals surface area contributed by atoms with Gasteiger partial charge in [0.1, 0.15) is 0 Å². The molecule has 0 aliphatic heterocycles. The summed E-state index contributed by atoms with van der Waals surface area (Å²) in [6, 6.07) is 9.52. The van der Waals surface area contributed by atoms with Crippen LogP contribution in [0.15, 0.2) is 36.9 Å². The highest BCUT2D eigenvalue weighted by Gasteiger charge is 2.10. The molecule has 16 heavy (non-hydrogen) atoms. The maximum absolute atomic E-state index is 3.76. The van der Waals surface area contributed by atoms with Gasteiger partial charge in [0.25, 0.3) is 0 Å². The molecule has 0 aromatic heterocycles. The average Bonchev–Trinajstić information content (AvgIpc) is 2.26. The van der Waals surface area contributed by atoms with Crippen LogP contribution in [0, 0.1) is 6.92 Å². The SMILES string of the molecule is C=CCCC(C)N[C@@H](C)c1ccccc1C. The second-order valence-corrected chi connectivity index (χ2v) is 4.51. The summed E-state index contributed by atoms with van der Waals surface area (Å²) in [7, 11) is 0. The second-order valence-electron chi connectivity index (χ2n) is 4.51. The van der Waals surface area contributed by atoms with Gasteiger partial charge >= 0.3 is 0 Å². The third kappa shape index (κ3) is 3.82. The van der Waals surface area contributed by atoms with Gasteiger partial charge in [-0.25, -0.2) is 0 Å². The Balaban J connectivity index is 2.55. The van der Waals surface area contributed by atoms with Crippen molar-refractivity contribution >= 4 is 0 Å². The van der Waals surface area contributed by atoms with Crippen LogP contribution in [0.2, 0.25) is 0 Å². The monoisotopic (exact) mass is 217 g/mol. The second kappa shape index (κ2) is 6.49. The number of nitrogens with one attached hydrogen (secondary N) is 1. The zero-order valence-electron chi connectivity index (χ0n) is 10.7. The third-order valence-corrected chi connectivity index (χ3v) is 2.99. The van der Waals surface area contributed by atoms with Crippen molar-refractivity contribution < 1.29 is 0 Å². The lowest BCUT2D eigenvalue weighted by molar-refractivity contribution is 0.458. The first kappa shape index (κ1) is 13.0. The third-order valence-electron chi connectivity index (χ3n) is 2.99. The van der Waals surface area contributed by atoms with Crippen LogP contribution in [-0.2, 0) is 0 Å². The minimum absolute atomic E-state index is 0.418. The molecule has 1 aromatic carbocycles. The van der Waals surface area contributed by atoms with Crippen molar-refractivity contribution in [1.82, 2.24) is 5.32 Å². The number of rotatable bonds is 6. The van der Waals surface area contributed by atoms with E-state index in [1.807, 2.05) is 6.08 Å². The van der Waals surface area contributed by atoms with Gasteiger partial charge in [0.05, 0.1) is 0 Å². The molecule has 0 radical (unpaired) electrons. The van der Waals surface area contributed by atoms with Crippen molar-refractivity contribution in [2.45, 2.75) is 45.7 Å². The van der Waals surface area contributed by atoms with E-state index in [9.17, 15) is 0 Å². The van der Waals surface area contributed by atoms with Crippen LogP contribution < -0.4 is 5.32 Å². The highest BCUT2D eigenvalue weighted by Crippen LogP contribution is 2.17. The smallest absolute Gasteiger partial charge is 0.0296 e. The average molecular weight is 217 g/mol. The first-order chi connectivity index (χ1) is 7.65. The quantitative estimate of drug-likeness (QED) is 0.710. The maximum Gasteiger partial charge on any atom is 0.0296 e. The van der Waals surface area contributed by atoms with Gasteiger partial charge in [0.15, 0.2) is 0 Å². The van der Waals surface area contributed by atoms with E-state index in [2.05, 4.69) is 56.9 Å². The van der Waals surface area contributed by atoms with Crippen LogP contribution in [0.25, 0.3) is 0 Å². The molecule has 0 amide bonds. The van der Waals surface area contributed by atoms with Crippen molar-refractivity contribution in [1.29, 1.82) is 0 Å². The van der Waals surface area contributed by atoms with Gasteiger partial charge in [-0.2, -0.15) is 0 Å². The molecule has 2 atom stereocenters. The molecule has 0 aliphatic rings. The molecule has 0 spiro atoms. The van der Waals surface area contributed by atoms with Crippen molar-refractivity contribution in [3.63, 3.8) is 0 Å². The lowest BCUT2D eigenvalue weighted by atomic mass is 10.0. The number of allylic oxidation sites excluding steroid dienone is 1. The van der Waals surface area contributed by atoms with E-state index in [0.29, 0.717) is 12.1 Å². The van der Waals surface area contributed by atoms with E-state index in [-0.39, 0.29) is 0 Å². The van der Waals surface area contributed by atoms with Gasteiger partial charge in [0, 0.05) is 12.1 Å². The number of hydrogen-bond donors (Lipinski definition) is 1. The van der Waals surface area contributed by atoms with E-state index in [0.717, 1.165) is 12.8 Å². The number of hydrogen-bond acceptors (Lipinski definition) is 1. The number of aryl methyl sites for hydroxylation is 1. The summed E-state index contributed by atoms with van der Waals surface area (Å²) in [6.45, 7) is 10.4. The molecule has 0 heterocycles. The van der Waals surface area contributed by atoms with E-state index in [1.54, 1.807) is 0 Å². The molecule has 1 N–H and O–H groups in total. The molecule has 1 nitrogen and oxygen atoms in total. The summed E-state index contributed by atoms with van der Waals surface area (Å²) in [5.41, 5.74) is 2.76. The predicted octanol–water partition coefficient (Wildman–Crippen LogP) is 4.00. The Labute approximate surface area is 99.6 Å². The van der Waals surface area contributed by atoms with Crippen LogP contribution in [0.1, 0.15) is 43.9 Å². The van der Waals surface area contributed by atoms with Crippen molar-refractivity contribution in [3.05, 3.63) is 48.0 Å². The van der Waals surface area contributed by atoms with Crippen LogP contribution in [0.4, 0.5) is 0 Å². The van der Waals surface area contributed by atoms with Crippen molar-refractivity contribution in [2.75, 3.05) is 0 Å². The van der Waals surface area contributed by atoms with E-state index < -0.39 is 0 Å². The Bertz CT molecular complexity index is 330. The fourth-order valence-electron chi connectivity index (χ4n) is 2.04. The molecule has 0 aliphatic carbocycles. The van der Waals surface area contributed by atoms with Gasteiger partial charge in [-0.15, -0.1) is 6.58 Å². The van der Waals surface area contributed by atoms with E-state index >= 15 is 0 Å². The molecule has 0 saturated carbocycles. The van der Waals surface area contributed by atoms with Gasteiger partial charge in [0.2, 0.25) is 0 Å². The van der Waals surface area contributed by atoms with Crippen LogP contribution in [0.5, 0.6) is 0 Å². The van der Waals surface area contributed by atoms with Crippen LogP contribution >= 0.6 is 0 Å². The molecule has 0 saturated heterocycles. The van der Waals surface area contributed by atoms with Crippen LogP contribution in [-0.4, -0.2) is 6.04 Å². The van der Waals surface area contributed by atoms with E-state index in [1.165, 1.54) is 11.1 Å². The Morgan fingerprint density at radius 2 is 2.00 bits per heavy atom. The fourth-order valence-corrected chi connectivity index (χ4v) is 2.04. The first-order valence-electron chi connectivity index (χ1n) is 6.07. The summed E-state index contributed by atoms with van der Waals surface area (Å²) >= 11 is 0. The molecule has 1 unspecified atom stereocenters. The van der Waals surface area contributed by atoms with Gasteiger partial charge < -0.3 is 5.32 Å². The molecular weight excluding hydrogens is 194 g/mol. The summed E-state index contributed by atoms with van der Waals surface area (Å²) < 4.78 is 0. The van der Waals surface area contributed by atoms with Gasteiger partial charge in [-0.05, 0) is 44.7 Å². The zero-order chi connectivity index (χ0) is 12.0. The fraction of sp³-hybridized carbons (Fsp3) is 0.467. The molecule has 1 rings (SSSR count). The molecular formula is C15H23N. The normalized spacial score (nSPS) is 14.4. The Morgan fingerprint density at radius 3 is 2.62 bits per heavy atom. The number of benzene rings is 1. The Hall–Kier alpha value is -1.08. The molecule has 1 aromatic rings. The minimum Gasteiger partial charge on any atom is -0.308 e. The lowest BCUT2D eigenvalue weighted by Crippen LogP contribution is -2.29. The van der Waals surface area contributed by atoms with Crippen molar-refractivity contribution in [2.24, 2.45) is 0 Å². The predicted molar refractivity (Wildman–Crippen MR) is 71.6 cm³/mol. The highest BCUT2D eigenvalue weighted by molar-refractivity contribution is 5.28. The summed E-state index contributed by atoms with van der Waals surface area (Å²) in [5, 5.41) is 3.62. The zero-order valence-corrected chi connectivity index (χ0v) is 10.7. The summed E-state index contributed by atoms with van der Waals surface area (Å²) in [4.78, 5) is 0. The van der Waals surface area contributed by atoms with Crippen molar-refractivity contribution in [3.8, 4) is 0 Å². The Kier molecular flexibility index (Phi) is 5.27. The topological polar surface area (TPSA) is 12.0 Å². The maximum atomic E-state index is 3.76. The van der Waals surface area contributed by atoms with Crippen LogP contribution in [0.3, 0.4) is 0 Å². The van der Waals surface area contributed by atoms with Gasteiger partial charge in [-0.1, -0.05) is 30.3 Å².